The standard InChI is InChI=1S/C25H30N4O3/c1-19-27-22-9-5-6-10-23(22)29(19)17-14-26-25(31)20-11-15-28(16-12-20)24(30)13-18-32-21-7-3-2-4-8-21/h2-10,20H,11-18H2,1H3,(H,26,31). The summed E-state index contributed by atoms with van der Waals surface area (Å²) in [5.74, 6) is 1.84. The molecule has 2 heterocycles. The monoisotopic (exact) mass is 434 g/mol. The summed E-state index contributed by atoms with van der Waals surface area (Å²) in [6.07, 6.45) is 1.75. The number of carbonyl (C=O) groups excluding carboxylic acids is 2. The van der Waals surface area contributed by atoms with Gasteiger partial charge in [0.05, 0.1) is 24.1 Å². The van der Waals surface area contributed by atoms with Crippen LogP contribution in [0.15, 0.2) is 54.6 Å². The lowest BCUT2D eigenvalue weighted by Gasteiger charge is -2.31. The number of rotatable bonds is 8. The Balaban J connectivity index is 1.17. The highest BCUT2D eigenvalue weighted by Crippen LogP contribution is 2.19. The van der Waals surface area contributed by atoms with E-state index in [-0.39, 0.29) is 17.7 Å². The topological polar surface area (TPSA) is 76.5 Å². The maximum Gasteiger partial charge on any atom is 0.225 e. The van der Waals surface area contributed by atoms with Crippen molar-refractivity contribution in [1.82, 2.24) is 19.8 Å². The Morgan fingerprint density at radius 2 is 1.78 bits per heavy atom. The number of hydrogen-bond donors (Lipinski definition) is 1. The van der Waals surface area contributed by atoms with Crippen molar-refractivity contribution >= 4 is 22.8 Å². The van der Waals surface area contributed by atoms with Gasteiger partial charge in [0.1, 0.15) is 11.6 Å². The molecule has 3 aromatic rings. The zero-order chi connectivity index (χ0) is 22.3. The molecule has 168 valence electrons. The molecule has 32 heavy (non-hydrogen) atoms. The van der Waals surface area contributed by atoms with Crippen LogP contribution in [0.25, 0.3) is 11.0 Å². The third kappa shape index (κ3) is 5.28. The maximum atomic E-state index is 12.6. The van der Waals surface area contributed by atoms with Crippen molar-refractivity contribution in [2.75, 3.05) is 26.2 Å². The lowest BCUT2D eigenvalue weighted by atomic mass is 9.95. The number of aromatic nitrogens is 2. The van der Waals surface area contributed by atoms with Crippen molar-refractivity contribution < 1.29 is 14.3 Å². The van der Waals surface area contributed by atoms with Crippen LogP contribution >= 0.6 is 0 Å². The molecular weight excluding hydrogens is 404 g/mol. The van der Waals surface area contributed by atoms with E-state index >= 15 is 0 Å². The van der Waals surface area contributed by atoms with E-state index < -0.39 is 0 Å². The van der Waals surface area contributed by atoms with E-state index in [4.69, 9.17) is 4.74 Å². The highest BCUT2D eigenvalue weighted by atomic mass is 16.5. The Hall–Kier alpha value is -3.35. The number of hydrogen-bond acceptors (Lipinski definition) is 4. The molecule has 1 aliphatic heterocycles. The fourth-order valence-electron chi connectivity index (χ4n) is 4.24. The molecule has 4 rings (SSSR count). The van der Waals surface area contributed by atoms with Crippen LogP contribution in [0.4, 0.5) is 0 Å². The van der Waals surface area contributed by atoms with Crippen molar-refractivity contribution in [3.63, 3.8) is 0 Å². The minimum absolute atomic E-state index is 0.0414. The second kappa shape index (κ2) is 10.3. The minimum atomic E-state index is -0.0414. The van der Waals surface area contributed by atoms with E-state index in [0.717, 1.165) is 22.6 Å². The number of fused-ring (bicyclic) bond motifs is 1. The quantitative estimate of drug-likeness (QED) is 0.591. The average Bonchev–Trinajstić information content (AvgIpc) is 3.15. The third-order valence-corrected chi connectivity index (χ3v) is 6.03. The normalized spacial score (nSPS) is 14.5. The molecule has 1 aromatic heterocycles. The molecule has 0 unspecified atom stereocenters. The third-order valence-electron chi connectivity index (χ3n) is 6.03. The number of nitrogens with one attached hydrogen (secondary N) is 1. The Bertz CT molecular complexity index is 1060. The van der Waals surface area contributed by atoms with E-state index in [1.54, 1.807) is 0 Å². The number of amides is 2. The summed E-state index contributed by atoms with van der Waals surface area (Å²) in [6.45, 7) is 4.85. The number of carbonyl (C=O) groups is 2. The highest BCUT2D eigenvalue weighted by molar-refractivity contribution is 5.80. The van der Waals surface area contributed by atoms with Crippen LogP contribution in [-0.4, -0.2) is 52.5 Å². The second-order valence-electron chi connectivity index (χ2n) is 8.16. The molecule has 0 spiro atoms. The van der Waals surface area contributed by atoms with Gasteiger partial charge in [-0.1, -0.05) is 30.3 Å². The number of likely N-dealkylation sites (tertiary alicyclic amines) is 1. The van der Waals surface area contributed by atoms with E-state index in [1.165, 1.54) is 0 Å². The first-order chi connectivity index (χ1) is 15.6. The molecule has 0 aliphatic carbocycles. The Morgan fingerprint density at radius 3 is 2.56 bits per heavy atom. The zero-order valence-electron chi connectivity index (χ0n) is 18.5. The van der Waals surface area contributed by atoms with Gasteiger partial charge < -0.3 is 19.5 Å². The smallest absolute Gasteiger partial charge is 0.225 e. The Morgan fingerprint density at radius 1 is 1.06 bits per heavy atom. The summed E-state index contributed by atoms with van der Waals surface area (Å²) in [5, 5.41) is 3.07. The lowest BCUT2D eigenvalue weighted by Crippen LogP contribution is -2.43. The number of ether oxygens (including phenoxy) is 1. The summed E-state index contributed by atoms with van der Waals surface area (Å²) < 4.78 is 7.75. The molecular formula is C25H30N4O3. The first-order valence-corrected chi connectivity index (χ1v) is 11.3. The fourth-order valence-corrected chi connectivity index (χ4v) is 4.24. The largest absolute Gasteiger partial charge is 0.493 e. The van der Waals surface area contributed by atoms with Crippen LogP contribution < -0.4 is 10.1 Å². The SMILES string of the molecule is Cc1nc2ccccc2n1CCNC(=O)C1CCN(C(=O)CCOc2ccccc2)CC1. The minimum Gasteiger partial charge on any atom is -0.493 e. The molecule has 0 atom stereocenters. The first kappa shape index (κ1) is 21.9. The summed E-state index contributed by atoms with van der Waals surface area (Å²) in [4.78, 5) is 31.5. The van der Waals surface area contributed by atoms with Crippen molar-refractivity contribution in [3.05, 3.63) is 60.4 Å². The van der Waals surface area contributed by atoms with Crippen molar-refractivity contribution in [2.45, 2.75) is 32.7 Å². The molecule has 1 saturated heterocycles. The van der Waals surface area contributed by atoms with Crippen LogP contribution in [0.1, 0.15) is 25.1 Å². The number of piperidine rings is 1. The molecule has 1 N–H and O–H groups in total. The summed E-state index contributed by atoms with van der Waals surface area (Å²) in [6, 6.07) is 17.5. The molecule has 7 nitrogen and oxygen atoms in total. The molecule has 0 bridgehead atoms. The van der Waals surface area contributed by atoms with Gasteiger partial charge in [-0.3, -0.25) is 9.59 Å². The molecule has 2 aromatic carbocycles. The predicted molar refractivity (Wildman–Crippen MR) is 123 cm³/mol. The van der Waals surface area contributed by atoms with Crippen LogP contribution in [-0.2, 0) is 16.1 Å². The average molecular weight is 435 g/mol. The van der Waals surface area contributed by atoms with Gasteiger partial charge in [-0.2, -0.15) is 0 Å². The van der Waals surface area contributed by atoms with Crippen molar-refractivity contribution in [3.8, 4) is 5.75 Å². The fraction of sp³-hybridized carbons (Fsp3) is 0.400. The summed E-state index contributed by atoms with van der Waals surface area (Å²) >= 11 is 0. The molecule has 7 heteroatoms. The first-order valence-electron chi connectivity index (χ1n) is 11.3. The maximum absolute atomic E-state index is 12.6. The van der Waals surface area contributed by atoms with Gasteiger partial charge in [-0.05, 0) is 44.0 Å². The van der Waals surface area contributed by atoms with E-state index in [9.17, 15) is 9.59 Å². The number of nitrogens with zero attached hydrogens (tertiary/aromatic N) is 3. The molecule has 0 radical (unpaired) electrons. The summed E-state index contributed by atoms with van der Waals surface area (Å²) in [7, 11) is 0. The summed E-state index contributed by atoms with van der Waals surface area (Å²) in [5.41, 5.74) is 2.06. The van der Waals surface area contributed by atoms with Gasteiger partial charge in [-0.15, -0.1) is 0 Å². The van der Waals surface area contributed by atoms with Crippen LogP contribution in [0.5, 0.6) is 5.75 Å². The number of aryl methyl sites for hydroxylation is 1. The van der Waals surface area contributed by atoms with Gasteiger partial charge in [0.15, 0.2) is 0 Å². The van der Waals surface area contributed by atoms with E-state index in [1.807, 2.05) is 60.4 Å². The van der Waals surface area contributed by atoms with Gasteiger partial charge in [0.2, 0.25) is 11.8 Å². The van der Waals surface area contributed by atoms with Gasteiger partial charge in [-0.25, -0.2) is 4.98 Å². The van der Waals surface area contributed by atoms with E-state index in [2.05, 4.69) is 20.9 Å². The molecule has 0 saturated carbocycles. The van der Waals surface area contributed by atoms with Crippen molar-refractivity contribution in [2.24, 2.45) is 5.92 Å². The van der Waals surface area contributed by atoms with Crippen molar-refractivity contribution in [1.29, 1.82) is 0 Å². The van der Waals surface area contributed by atoms with Gasteiger partial charge in [0, 0.05) is 32.1 Å². The van der Waals surface area contributed by atoms with Gasteiger partial charge >= 0.3 is 0 Å². The van der Waals surface area contributed by atoms with Gasteiger partial charge in [0.25, 0.3) is 0 Å². The molecule has 1 fully saturated rings. The number of imidazole rings is 1. The van der Waals surface area contributed by atoms with Crippen LogP contribution in [0.3, 0.4) is 0 Å². The highest BCUT2D eigenvalue weighted by Gasteiger charge is 2.27. The second-order valence-corrected chi connectivity index (χ2v) is 8.16. The zero-order valence-corrected chi connectivity index (χ0v) is 18.5. The number of para-hydroxylation sites is 3. The number of benzene rings is 2. The van der Waals surface area contributed by atoms with Crippen LogP contribution in [0, 0.1) is 12.8 Å². The Labute approximate surface area is 188 Å². The van der Waals surface area contributed by atoms with Crippen LogP contribution in [0.2, 0.25) is 0 Å². The molecule has 1 aliphatic rings. The molecule has 2 amide bonds. The lowest BCUT2D eigenvalue weighted by molar-refractivity contribution is -0.136. The predicted octanol–water partition coefficient (Wildman–Crippen LogP) is 3.17. The Kier molecular flexibility index (Phi) is 7.04. The van der Waals surface area contributed by atoms with E-state index in [0.29, 0.717) is 52.0 Å².